The fraction of sp³-hybridized carbons (Fsp3) is 0.391. The lowest BCUT2D eigenvalue weighted by Gasteiger charge is -2.30. The van der Waals surface area contributed by atoms with E-state index in [1.54, 1.807) is 27.3 Å². The first-order chi connectivity index (χ1) is 15.8. The number of ether oxygens (including phenoxy) is 2. The standard InChI is InChI=1S/C23H27N3O5S2/c1-26(16-7-5-4-6-8-16)33(28,29)17-11-9-15(10-12-17)22(27)25-23-24-18-13-19(30-2)20(31-3)14-21(18)32-23/h9-14,16H,4-8H2,1-3H3,(H,24,25,27). The topological polar surface area (TPSA) is 97.8 Å². The van der Waals surface area contributed by atoms with Crippen molar-refractivity contribution in [2.75, 3.05) is 26.6 Å². The Labute approximate surface area is 197 Å². The first kappa shape index (κ1) is 23.5. The Balaban J connectivity index is 1.49. The first-order valence-electron chi connectivity index (χ1n) is 10.8. The molecule has 1 amide bonds. The SMILES string of the molecule is COc1cc2nc(NC(=O)c3ccc(S(=O)(=O)N(C)C4CCCCC4)cc3)sc2cc1OC. The molecule has 0 atom stereocenters. The summed E-state index contributed by atoms with van der Waals surface area (Å²) >= 11 is 1.31. The number of anilines is 1. The number of thiazole rings is 1. The molecule has 1 saturated carbocycles. The van der Waals surface area contributed by atoms with Gasteiger partial charge in [-0.05, 0) is 37.1 Å². The Morgan fingerprint density at radius 1 is 1.06 bits per heavy atom. The fourth-order valence-electron chi connectivity index (χ4n) is 4.06. The van der Waals surface area contributed by atoms with Crippen LogP contribution in [0.1, 0.15) is 42.5 Å². The van der Waals surface area contributed by atoms with Gasteiger partial charge in [-0.1, -0.05) is 30.6 Å². The number of fused-ring (bicyclic) bond motifs is 1. The molecular weight excluding hydrogens is 462 g/mol. The van der Waals surface area contributed by atoms with Crippen LogP contribution in [-0.2, 0) is 10.0 Å². The molecule has 0 unspecified atom stereocenters. The van der Waals surface area contributed by atoms with Crippen molar-refractivity contribution in [1.82, 2.24) is 9.29 Å². The van der Waals surface area contributed by atoms with E-state index in [9.17, 15) is 13.2 Å². The maximum absolute atomic E-state index is 13.0. The fourth-order valence-corrected chi connectivity index (χ4v) is 6.35. The maximum atomic E-state index is 13.0. The highest BCUT2D eigenvalue weighted by Gasteiger charge is 2.29. The maximum Gasteiger partial charge on any atom is 0.257 e. The Morgan fingerprint density at radius 2 is 1.70 bits per heavy atom. The molecular formula is C23H27N3O5S2. The Hall–Kier alpha value is -2.69. The first-order valence-corrected chi connectivity index (χ1v) is 13.0. The zero-order valence-corrected chi connectivity index (χ0v) is 20.5. The van der Waals surface area contributed by atoms with Crippen LogP contribution in [0.4, 0.5) is 5.13 Å². The van der Waals surface area contributed by atoms with Gasteiger partial charge in [0.15, 0.2) is 16.6 Å². The number of rotatable bonds is 7. The third kappa shape index (κ3) is 4.83. The average Bonchev–Trinajstić information content (AvgIpc) is 3.24. The predicted octanol–water partition coefficient (Wildman–Crippen LogP) is 4.52. The van der Waals surface area contributed by atoms with E-state index < -0.39 is 10.0 Å². The van der Waals surface area contributed by atoms with Gasteiger partial charge in [-0.15, -0.1) is 0 Å². The van der Waals surface area contributed by atoms with Gasteiger partial charge >= 0.3 is 0 Å². The van der Waals surface area contributed by atoms with E-state index in [0.717, 1.165) is 36.8 Å². The van der Waals surface area contributed by atoms with E-state index in [4.69, 9.17) is 9.47 Å². The molecule has 3 aromatic rings. The molecule has 8 nitrogen and oxygen atoms in total. The second-order valence-corrected chi connectivity index (χ2v) is 11.0. The molecule has 33 heavy (non-hydrogen) atoms. The minimum atomic E-state index is -3.60. The van der Waals surface area contributed by atoms with Crippen molar-refractivity contribution in [3.8, 4) is 11.5 Å². The summed E-state index contributed by atoms with van der Waals surface area (Å²) in [6.45, 7) is 0. The van der Waals surface area contributed by atoms with Gasteiger partial charge in [0.1, 0.15) is 0 Å². The van der Waals surface area contributed by atoms with Crippen LogP contribution in [0.25, 0.3) is 10.2 Å². The second kappa shape index (κ2) is 9.66. The summed E-state index contributed by atoms with van der Waals surface area (Å²) in [7, 11) is 1.15. The molecule has 0 bridgehead atoms. The second-order valence-electron chi connectivity index (χ2n) is 7.99. The molecule has 10 heteroatoms. The number of benzene rings is 2. The van der Waals surface area contributed by atoms with Crippen LogP contribution in [0.5, 0.6) is 11.5 Å². The Kier molecular flexibility index (Phi) is 6.87. The van der Waals surface area contributed by atoms with Gasteiger partial charge in [0, 0.05) is 30.8 Å². The molecule has 1 heterocycles. The van der Waals surface area contributed by atoms with Gasteiger partial charge in [-0.2, -0.15) is 4.31 Å². The number of methoxy groups -OCH3 is 2. The van der Waals surface area contributed by atoms with E-state index in [-0.39, 0.29) is 16.8 Å². The summed E-state index contributed by atoms with van der Waals surface area (Å²) in [4.78, 5) is 17.4. The highest BCUT2D eigenvalue weighted by molar-refractivity contribution is 7.89. The molecule has 0 radical (unpaired) electrons. The number of carbonyl (C=O) groups excluding carboxylic acids is 1. The van der Waals surface area contributed by atoms with Crippen molar-refractivity contribution >= 4 is 42.6 Å². The third-order valence-electron chi connectivity index (χ3n) is 6.00. The number of carbonyl (C=O) groups is 1. The van der Waals surface area contributed by atoms with Crippen molar-refractivity contribution in [3.63, 3.8) is 0 Å². The van der Waals surface area contributed by atoms with Gasteiger partial charge < -0.3 is 9.47 Å². The summed E-state index contributed by atoms with van der Waals surface area (Å²) in [5.41, 5.74) is 1.03. The highest BCUT2D eigenvalue weighted by Crippen LogP contribution is 2.36. The minimum Gasteiger partial charge on any atom is -0.493 e. The molecule has 1 aliphatic carbocycles. The van der Waals surface area contributed by atoms with Crippen molar-refractivity contribution in [2.24, 2.45) is 0 Å². The lowest BCUT2D eigenvalue weighted by molar-refractivity contribution is 0.102. The number of sulfonamides is 1. The number of nitrogens with one attached hydrogen (secondary N) is 1. The van der Waals surface area contributed by atoms with Crippen LogP contribution in [0.2, 0.25) is 0 Å². The largest absolute Gasteiger partial charge is 0.493 e. The van der Waals surface area contributed by atoms with Crippen LogP contribution in [0, 0.1) is 0 Å². The van der Waals surface area contributed by atoms with E-state index in [1.807, 2.05) is 6.07 Å². The van der Waals surface area contributed by atoms with Gasteiger partial charge in [0.2, 0.25) is 10.0 Å². The summed E-state index contributed by atoms with van der Waals surface area (Å²) < 4.78 is 38.9. The molecule has 0 aliphatic heterocycles. The summed E-state index contributed by atoms with van der Waals surface area (Å²) in [5.74, 6) is 0.780. The molecule has 0 spiro atoms. The number of aromatic nitrogens is 1. The lowest BCUT2D eigenvalue weighted by Crippen LogP contribution is -2.38. The molecule has 0 saturated heterocycles. The van der Waals surface area contributed by atoms with Crippen LogP contribution in [0.3, 0.4) is 0 Å². The summed E-state index contributed by atoms with van der Waals surface area (Å²) in [5, 5.41) is 3.21. The Bertz CT molecular complexity index is 1210. The predicted molar refractivity (Wildman–Crippen MR) is 129 cm³/mol. The van der Waals surface area contributed by atoms with E-state index >= 15 is 0 Å². The van der Waals surface area contributed by atoms with Crippen molar-refractivity contribution < 1.29 is 22.7 Å². The monoisotopic (exact) mass is 489 g/mol. The van der Waals surface area contributed by atoms with E-state index in [1.165, 1.54) is 39.9 Å². The third-order valence-corrected chi connectivity index (χ3v) is 8.85. The van der Waals surface area contributed by atoms with Crippen LogP contribution in [-0.4, -0.2) is 50.9 Å². The quantitative estimate of drug-likeness (QED) is 0.524. The van der Waals surface area contributed by atoms with Crippen molar-refractivity contribution in [2.45, 2.75) is 43.0 Å². The van der Waals surface area contributed by atoms with Crippen molar-refractivity contribution in [3.05, 3.63) is 42.0 Å². The van der Waals surface area contributed by atoms with Crippen LogP contribution in [0.15, 0.2) is 41.3 Å². The lowest BCUT2D eigenvalue weighted by atomic mass is 9.96. The van der Waals surface area contributed by atoms with E-state index in [2.05, 4.69) is 10.3 Å². The minimum absolute atomic E-state index is 0.0306. The van der Waals surface area contributed by atoms with Gasteiger partial charge in [0.25, 0.3) is 5.91 Å². The number of amides is 1. The molecule has 4 rings (SSSR count). The molecule has 2 aromatic carbocycles. The molecule has 1 N–H and O–H groups in total. The van der Waals surface area contributed by atoms with Crippen LogP contribution >= 0.6 is 11.3 Å². The number of hydrogen-bond acceptors (Lipinski definition) is 7. The van der Waals surface area contributed by atoms with E-state index in [0.29, 0.717) is 27.7 Å². The Morgan fingerprint density at radius 3 is 2.33 bits per heavy atom. The molecule has 1 fully saturated rings. The van der Waals surface area contributed by atoms with Crippen molar-refractivity contribution in [1.29, 1.82) is 0 Å². The summed E-state index contributed by atoms with van der Waals surface area (Å²) in [6, 6.07) is 9.61. The zero-order valence-electron chi connectivity index (χ0n) is 18.8. The highest BCUT2D eigenvalue weighted by atomic mass is 32.2. The average molecular weight is 490 g/mol. The van der Waals surface area contributed by atoms with Gasteiger partial charge in [-0.25, -0.2) is 13.4 Å². The molecule has 176 valence electrons. The van der Waals surface area contributed by atoms with Crippen LogP contribution < -0.4 is 14.8 Å². The zero-order chi connectivity index (χ0) is 23.6. The van der Waals surface area contributed by atoms with Gasteiger partial charge in [-0.3, -0.25) is 10.1 Å². The molecule has 1 aliphatic rings. The smallest absolute Gasteiger partial charge is 0.257 e. The number of nitrogens with zero attached hydrogens (tertiary/aromatic N) is 2. The number of hydrogen-bond donors (Lipinski definition) is 1. The van der Waals surface area contributed by atoms with Gasteiger partial charge in [0.05, 0.1) is 29.3 Å². The molecule has 1 aromatic heterocycles. The summed E-state index contributed by atoms with van der Waals surface area (Å²) in [6.07, 6.45) is 5.03. The normalized spacial score (nSPS) is 15.0.